The normalized spacial score (nSPS) is 12.4. The fourth-order valence-corrected chi connectivity index (χ4v) is 2.81. The molecular weight excluding hydrogens is 386 g/mol. The van der Waals surface area contributed by atoms with Crippen LogP contribution in [-0.2, 0) is 16.0 Å². The summed E-state index contributed by atoms with van der Waals surface area (Å²) in [5.74, 6) is 1.67. The van der Waals surface area contributed by atoms with Gasteiger partial charge in [0.2, 0.25) is 0 Å². The molecule has 0 saturated carbocycles. The van der Waals surface area contributed by atoms with Crippen LogP contribution < -0.4 is 19.5 Å². The van der Waals surface area contributed by atoms with Gasteiger partial charge in [-0.05, 0) is 54.3 Å². The minimum Gasteiger partial charge on any atom is -0.493 e. The van der Waals surface area contributed by atoms with Crippen LogP contribution in [0, 0.1) is 5.92 Å². The number of rotatable bonds is 9. The van der Waals surface area contributed by atoms with Crippen molar-refractivity contribution in [2.24, 2.45) is 5.92 Å². The van der Waals surface area contributed by atoms with Crippen molar-refractivity contribution in [3.05, 3.63) is 53.6 Å². The number of amides is 1. The van der Waals surface area contributed by atoms with E-state index in [0.29, 0.717) is 50.0 Å². The number of nitrogens with one attached hydrogen (secondary N) is 1. The first-order valence-corrected chi connectivity index (χ1v) is 10.1. The van der Waals surface area contributed by atoms with Gasteiger partial charge in [-0.1, -0.05) is 19.9 Å². The molecule has 1 aliphatic rings. The van der Waals surface area contributed by atoms with Gasteiger partial charge in [0.1, 0.15) is 19.0 Å². The zero-order valence-corrected chi connectivity index (χ0v) is 17.3. The van der Waals surface area contributed by atoms with Crippen LogP contribution in [0.15, 0.2) is 42.5 Å². The summed E-state index contributed by atoms with van der Waals surface area (Å²) >= 11 is 0. The van der Waals surface area contributed by atoms with E-state index < -0.39 is 5.97 Å². The maximum absolute atomic E-state index is 12.1. The predicted molar refractivity (Wildman–Crippen MR) is 111 cm³/mol. The molecule has 7 nitrogen and oxygen atoms in total. The fraction of sp³-hybridized carbons (Fsp3) is 0.391. The summed E-state index contributed by atoms with van der Waals surface area (Å²) in [6.45, 7) is 5.92. The smallest absolute Gasteiger partial charge is 0.338 e. The van der Waals surface area contributed by atoms with Crippen molar-refractivity contribution in [2.45, 2.75) is 20.3 Å². The molecule has 7 heteroatoms. The number of carbonyl (C=O) groups excluding carboxylic acids is 2. The molecule has 0 bridgehead atoms. The SMILES string of the molecule is CC(C)COc1ccc(C(=O)OCC(=O)NCCc2ccc3c(c2)OCCO3)cc1. The lowest BCUT2D eigenvalue weighted by molar-refractivity contribution is -0.124. The lowest BCUT2D eigenvalue weighted by Crippen LogP contribution is -2.30. The Labute approximate surface area is 176 Å². The Morgan fingerprint density at radius 2 is 1.77 bits per heavy atom. The van der Waals surface area contributed by atoms with Crippen LogP contribution in [0.3, 0.4) is 0 Å². The third-order valence-electron chi connectivity index (χ3n) is 4.35. The predicted octanol–water partition coefficient (Wildman–Crippen LogP) is 3.01. The lowest BCUT2D eigenvalue weighted by Gasteiger charge is -2.18. The van der Waals surface area contributed by atoms with Gasteiger partial charge >= 0.3 is 5.97 Å². The van der Waals surface area contributed by atoms with Crippen LogP contribution >= 0.6 is 0 Å². The summed E-state index contributed by atoms with van der Waals surface area (Å²) in [4.78, 5) is 24.0. The van der Waals surface area contributed by atoms with E-state index in [-0.39, 0.29) is 12.5 Å². The molecule has 0 saturated heterocycles. The summed E-state index contributed by atoms with van der Waals surface area (Å²) in [5.41, 5.74) is 1.40. The lowest BCUT2D eigenvalue weighted by atomic mass is 10.1. The van der Waals surface area contributed by atoms with Gasteiger partial charge in [-0.15, -0.1) is 0 Å². The number of carbonyl (C=O) groups is 2. The molecule has 3 rings (SSSR count). The molecule has 30 heavy (non-hydrogen) atoms. The van der Waals surface area contributed by atoms with Crippen molar-refractivity contribution in [2.75, 3.05) is 33.0 Å². The van der Waals surface area contributed by atoms with Crippen LogP contribution in [0.5, 0.6) is 17.2 Å². The Bertz CT molecular complexity index is 862. The van der Waals surface area contributed by atoms with E-state index in [0.717, 1.165) is 17.1 Å². The van der Waals surface area contributed by atoms with Crippen molar-refractivity contribution in [1.29, 1.82) is 0 Å². The molecular formula is C23H27NO6. The van der Waals surface area contributed by atoms with Crippen molar-refractivity contribution in [3.8, 4) is 17.2 Å². The van der Waals surface area contributed by atoms with E-state index in [4.69, 9.17) is 18.9 Å². The first-order valence-electron chi connectivity index (χ1n) is 10.1. The highest BCUT2D eigenvalue weighted by molar-refractivity contribution is 5.91. The zero-order chi connectivity index (χ0) is 21.3. The van der Waals surface area contributed by atoms with Gasteiger partial charge in [-0.3, -0.25) is 4.79 Å². The van der Waals surface area contributed by atoms with Crippen molar-refractivity contribution in [3.63, 3.8) is 0 Å². The Morgan fingerprint density at radius 3 is 2.50 bits per heavy atom. The molecule has 1 heterocycles. The molecule has 0 aliphatic carbocycles. The molecule has 0 spiro atoms. The molecule has 0 atom stereocenters. The van der Waals surface area contributed by atoms with Crippen molar-refractivity contribution in [1.82, 2.24) is 5.32 Å². The Kier molecular flexibility index (Phi) is 7.54. The molecule has 160 valence electrons. The van der Waals surface area contributed by atoms with Gasteiger partial charge in [-0.25, -0.2) is 4.79 Å². The number of hydrogen-bond donors (Lipinski definition) is 1. The number of fused-ring (bicyclic) bond motifs is 1. The van der Waals surface area contributed by atoms with E-state index in [1.54, 1.807) is 24.3 Å². The van der Waals surface area contributed by atoms with Gasteiger partial charge in [0, 0.05) is 6.54 Å². The van der Waals surface area contributed by atoms with E-state index in [1.807, 2.05) is 18.2 Å². The zero-order valence-electron chi connectivity index (χ0n) is 17.3. The molecule has 2 aromatic rings. The Morgan fingerprint density at radius 1 is 1.03 bits per heavy atom. The summed E-state index contributed by atoms with van der Waals surface area (Å²) in [5, 5.41) is 2.75. The molecule has 1 amide bonds. The second-order valence-corrected chi connectivity index (χ2v) is 7.38. The second kappa shape index (κ2) is 10.5. The summed E-state index contributed by atoms with van der Waals surface area (Å²) in [7, 11) is 0. The monoisotopic (exact) mass is 413 g/mol. The van der Waals surface area contributed by atoms with Crippen LogP contribution in [0.4, 0.5) is 0 Å². The molecule has 0 aromatic heterocycles. The van der Waals surface area contributed by atoms with Crippen LogP contribution in [0.25, 0.3) is 0 Å². The maximum Gasteiger partial charge on any atom is 0.338 e. The van der Waals surface area contributed by atoms with Crippen LogP contribution in [0.1, 0.15) is 29.8 Å². The fourth-order valence-electron chi connectivity index (χ4n) is 2.81. The molecule has 2 aromatic carbocycles. The highest BCUT2D eigenvalue weighted by Crippen LogP contribution is 2.30. The summed E-state index contributed by atoms with van der Waals surface area (Å²) < 4.78 is 21.7. The van der Waals surface area contributed by atoms with Crippen molar-refractivity contribution < 1.29 is 28.5 Å². The highest BCUT2D eigenvalue weighted by Gasteiger charge is 2.13. The number of esters is 1. The molecule has 1 aliphatic heterocycles. The number of ether oxygens (including phenoxy) is 4. The first-order chi connectivity index (χ1) is 14.5. The van der Waals surface area contributed by atoms with Crippen molar-refractivity contribution >= 4 is 11.9 Å². The third-order valence-corrected chi connectivity index (χ3v) is 4.35. The van der Waals surface area contributed by atoms with Crippen LogP contribution in [-0.4, -0.2) is 44.8 Å². The highest BCUT2D eigenvalue weighted by atomic mass is 16.6. The largest absolute Gasteiger partial charge is 0.493 e. The first kappa shape index (κ1) is 21.5. The van der Waals surface area contributed by atoms with Gasteiger partial charge in [0.15, 0.2) is 18.1 Å². The summed E-state index contributed by atoms with van der Waals surface area (Å²) in [6.07, 6.45) is 0.633. The minimum absolute atomic E-state index is 0.328. The second-order valence-electron chi connectivity index (χ2n) is 7.38. The molecule has 0 fully saturated rings. The van der Waals surface area contributed by atoms with Gasteiger partial charge in [-0.2, -0.15) is 0 Å². The third kappa shape index (κ3) is 6.40. The average Bonchev–Trinajstić information content (AvgIpc) is 2.76. The van der Waals surface area contributed by atoms with Crippen LogP contribution in [0.2, 0.25) is 0 Å². The molecule has 1 N–H and O–H groups in total. The Balaban J connectivity index is 1.37. The Hall–Kier alpha value is -3.22. The van der Waals surface area contributed by atoms with E-state index in [2.05, 4.69) is 19.2 Å². The van der Waals surface area contributed by atoms with E-state index in [9.17, 15) is 9.59 Å². The summed E-state index contributed by atoms with van der Waals surface area (Å²) in [6, 6.07) is 12.4. The quantitative estimate of drug-likeness (QED) is 0.637. The maximum atomic E-state index is 12.1. The van der Waals surface area contributed by atoms with Gasteiger partial charge in [0.25, 0.3) is 5.91 Å². The average molecular weight is 413 g/mol. The minimum atomic E-state index is -0.549. The van der Waals surface area contributed by atoms with E-state index >= 15 is 0 Å². The number of hydrogen-bond acceptors (Lipinski definition) is 6. The topological polar surface area (TPSA) is 83.1 Å². The standard InChI is InChI=1S/C23H27NO6/c1-16(2)14-29-19-6-4-18(5-7-19)23(26)30-15-22(25)24-10-9-17-3-8-20-21(13-17)28-12-11-27-20/h3-8,13,16H,9-12,14-15H2,1-2H3,(H,24,25). The molecule has 0 unspecified atom stereocenters. The van der Waals surface area contributed by atoms with E-state index in [1.165, 1.54) is 0 Å². The van der Waals surface area contributed by atoms with Gasteiger partial charge < -0.3 is 24.3 Å². The van der Waals surface area contributed by atoms with Gasteiger partial charge in [0.05, 0.1) is 12.2 Å². The number of benzene rings is 2. The molecule has 0 radical (unpaired) electrons.